The lowest BCUT2D eigenvalue weighted by molar-refractivity contribution is -0.127. The molecule has 0 saturated carbocycles. The summed E-state index contributed by atoms with van der Waals surface area (Å²) >= 11 is 0. The molecule has 0 spiro atoms. The number of amides is 1. The highest BCUT2D eigenvalue weighted by Crippen LogP contribution is 2.19. The molecule has 0 radical (unpaired) electrons. The minimum atomic E-state index is 0.287. The average Bonchev–Trinajstić information content (AvgIpc) is 3.18. The molecule has 154 valence electrons. The van der Waals surface area contributed by atoms with Crippen LogP contribution in [-0.4, -0.2) is 71.6 Å². The van der Waals surface area contributed by atoms with Crippen molar-refractivity contribution < 1.29 is 4.79 Å². The molecule has 2 aliphatic heterocycles. The van der Waals surface area contributed by atoms with E-state index in [-0.39, 0.29) is 5.91 Å². The fourth-order valence-electron chi connectivity index (χ4n) is 3.86. The number of aromatic nitrogens is 3. The molecule has 2 aromatic rings. The monoisotopic (exact) mass is 395 g/mol. The number of anilines is 3. The average molecular weight is 396 g/mol. The van der Waals surface area contributed by atoms with E-state index in [1.807, 2.05) is 36.4 Å². The van der Waals surface area contributed by atoms with Gasteiger partial charge in [-0.3, -0.25) is 4.79 Å². The van der Waals surface area contributed by atoms with Crippen LogP contribution in [0, 0.1) is 6.92 Å². The zero-order valence-electron chi connectivity index (χ0n) is 17.0. The van der Waals surface area contributed by atoms with Gasteiger partial charge in [-0.25, -0.2) is 9.97 Å². The fraction of sp³-hybridized carbons (Fsp3) is 0.524. The van der Waals surface area contributed by atoms with Crippen molar-refractivity contribution in [3.8, 4) is 0 Å². The second kappa shape index (κ2) is 9.07. The van der Waals surface area contributed by atoms with Crippen LogP contribution in [0.25, 0.3) is 0 Å². The van der Waals surface area contributed by atoms with Gasteiger partial charge in [-0.15, -0.1) is 0 Å². The van der Waals surface area contributed by atoms with Gasteiger partial charge in [-0.05, 0) is 31.9 Å². The van der Waals surface area contributed by atoms with Crippen LogP contribution in [0.15, 0.2) is 30.6 Å². The minimum absolute atomic E-state index is 0.287. The summed E-state index contributed by atoms with van der Waals surface area (Å²) in [6.07, 6.45) is 6.35. The summed E-state index contributed by atoms with van der Waals surface area (Å²) in [5.74, 6) is 2.97. The number of carbonyl (C=O) groups excluding carboxylic acids is 1. The normalized spacial score (nSPS) is 17.1. The Labute approximate surface area is 172 Å². The van der Waals surface area contributed by atoms with Crippen LogP contribution in [0.2, 0.25) is 0 Å². The molecule has 4 heterocycles. The van der Waals surface area contributed by atoms with E-state index in [0.29, 0.717) is 6.42 Å². The van der Waals surface area contributed by atoms with Crippen molar-refractivity contribution >= 4 is 23.5 Å². The second-order valence-corrected chi connectivity index (χ2v) is 7.63. The number of pyridine rings is 1. The highest BCUT2D eigenvalue weighted by atomic mass is 16.2. The Hall–Kier alpha value is -2.90. The van der Waals surface area contributed by atoms with Crippen molar-refractivity contribution in [1.82, 2.24) is 19.9 Å². The third-order valence-electron chi connectivity index (χ3n) is 5.56. The Morgan fingerprint density at radius 1 is 1.07 bits per heavy atom. The molecule has 8 nitrogen and oxygen atoms in total. The van der Waals surface area contributed by atoms with E-state index < -0.39 is 0 Å². The number of aryl methyl sites for hydroxylation is 1. The SMILES string of the molecule is Cc1cnc(N2CCN(c3ccccn3)CC2)nc1NCCCN1CCCC1=O. The van der Waals surface area contributed by atoms with Crippen LogP contribution in [0.4, 0.5) is 17.6 Å². The zero-order valence-corrected chi connectivity index (χ0v) is 17.0. The van der Waals surface area contributed by atoms with Gasteiger partial charge in [0.1, 0.15) is 11.6 Å². The predicted molar refractivity (Wildman–Crippen MR) is 114 cm³/mol. The molecule has 2 aliphatic rings. The van der Waals surface area contributed by atoms with Crippen molar-refractivity contribution in [2.45, 2.75) is 26.2 Å². The van der Waals surface area contributed by atoms with Gasteiger partial charge in [0.05, 0.1) is 0 Å². The summed E-state index contributed by atoms with van der Waals surface area (Å²) in [4.78, 5) is 31.9. The summed E-state index contributed by atoms with van der Waals surface area (Å²) in [6.45, 7) is 8.09. The smallest absolute Gasteiger partial charge is 0.227 e. The van der Waals surface area contributed by atoms with E-state index in [0.717, 1.165) is 81.8 Å². The molecule has 0 atom stereocenters. The molecule has 8 heteroatoms. The number of piperazine rings is 1. The largest absolute Gasteiger partial charge is 0.370 e. The first-order chi connectivity index (χ1) is 14.2. The molecular formula is C21H29N7O. The van der Waals surface area contributed by atoms with Crippen LogP contribution < -0.4 is 15.1 Å². The van der Waals surface area contributed by atoms with Crippen LogP contribution in [0.5, 0.6) is 0 Å². The summed E-state index contributed by atoms with van der Waals surface area (Å²) < 4.78 is 0. The zero-order chi connectivity index (χ0) is 20.1. The highest BCUT2D eigenvalue weighted by molar-refractivity contribution is 5.78. The van der Waals surface area contributed by atoms with Crippen molar-refractivity contribution in [2.24, 2.45) is 0 Å². The summed E-state index contributed by atoms with van der Waals surface area (Å²) in [7, 11) is 0. The first kappa shape index (κ1) is 19.4. The maximum atomic E-state index is 11.7. The van der Waals surface area contributed by atoms with Gasteiger partial charge in [0.2, 0.25) is 11.9 Å². The molecule has 0 unspecified atom stereocenters. The molecule has 29 heavy (non-hydrogen) atoms. The minimum Gasteiger partial charge on any atom is -0.370 e. The van der Waals surface area contributed by atoms with E-state index in [1.54, 1.807) is 0 Å². The Bertz CT molecular complexity index is 821. The van der Waals surface area contributed by atoms with Crippen molar-refractivity contribution in [3.63, 3.8) is 0 Å². The van der Waals surface area contributed by atoms with Gasteiger partial charge in [0.25, 0.3) is 0 Å². The Morgan fingerprint density at radius 2 is 1.90 bits per heavy atom. The first-order valence-electron chi connectivity index (χ1n) is 10.5. The molecule has 0 aromatic carbocycles. The molecule has 0 bridgehead atoms. The van der Waals surface area contributed by atoms with Crippen LogP contribution in [0.3, 0.4) is 0 Å². The van der Waals surface area contributed by atoms with Crippen molar-refractivity contribution in [2.75, 3.05) is 60.9 Å². The molecule has 2 saturated heterocycles. The molecule has 4 rings (SSSR count). The lowest BCUT2D eigenvalue weighted by Gasteiger charge is -2.35. The van der Waals surface area contributed by atoms with Gasteiger partial charge < -0.3 is 20.0 Å². The van der Waals surface area contributed by atoms with Crippen molar-refractivity contribution in [3.05, 3.63) is 36.2 Å². The molecule has 2 fully saturated rings. The molecule has 1 amide bonds. The molecule has 1 N–H and O–H groups in total. The number of likely N-dealkylation sites (tertiary alicyclic amines) is 1. The van der Waals surface area contributed by atoms with E-state index >= 15 is 0 Å². The Morgan fingerprint density at radius 3 is 2.62 bits per heavy atom. The maximum absolute atomic E-state index is 11.7. The third-order valence-corrected chi connectivity index (χ3v) is 5.56. The highest BCUT2D eigenvalue weighted by Gasteiger charge is 2.21. The molecule has 2 aromatic heterocycles. The third kappa shape index (κ3) is 4.75. The van der Waals surface area contributed by atoms with E-state index in [1.165, 1.54) is 0 Å². The lowest BCUT2D eigenvalue weighted by Crippen LogP contribution is -2.47. The van der Waals surface area contributed by atoms with Gasteiger partial charge in [0.15, 0.2) is 0 Å². The lowest BCUT2D eigenvalue weighted by atomic mass is 10.3. The van der Waals surface area contributed by atoms with Gasteiger partial charge in [-0.1, -0.05) is 6.07 Å². The molecule has 0 aliphatic carbocycles. The van der Waals surface area contributed by atoms with Crippen molar-refractivity contribution in [1.29, 1.82) is 0 Å². The first-order valence-corrected chi connectivity index (χ1v) is 10.5. The number of rotatable bonds is 7. The number of carbonyl (C=O) groups is 1. The number of nitrogens with zero attached hydrogens (tertiary/aromatic N) is 6. The second-order valence-electron chi connectivity index (χ2n) is 7.63. The summed E-state index contributed by atoms with van der Waals surface area (Å²) in [6, 6.07) is 6.02. The van der Waals surface area contributed by atoms with E-state index in [2.05, 4.69) is 31.2 Å². The van der Waals surface area contributed by atoms with Gasteiger partial charge >= 0.3 is 0 Å². The van der Waals surface area contributed by atoms with Gasteiger partial charge in [0, 0.05) is 70.2 Å². The summed E-state index contributed by atoms with van der Waals surface area (Å²) in [5.41, 5.74) is 1.04. The van der Waals surface area contributed by atoms with E-state index in [4.69, 9.17) is 4.98 Å². The predicted octanol–water partition coefficient (Wildman–Crippen LogP) is 1.93. The van der Waals surface area contributed by atoms with E-state index in [9.17, 15) is 4.79 Å². The standard InChI is InChI=1S/C21H29N7O/c1-17-16-24-21(25-20(17)23-9-5-11-27-10-4-7-19(27)29)28-14-12-26(13-15-28)18-6-2-3-8-22-18/h2-3,6,8,16H,4-5,7,9-15H2,1H3,(H,23,24,25). The topological polar surface area (TPSA) is 77.5 Å². The van der Waals surface area contributed by atoms with Gasteiger partial charge in [-0.2, -0.15) is 4.98 Å². The number of nitrogens with one attached hydrogen (secondary N) is 1. The number of hydrogen-bond acceptors (Lipinski definition) is 7. The van der Waals surface area contributed by atoms with Crippen LogP contribution >= 0.6 is 0 Å². The summed E-state index contributed by atoms with van der Waals surface area (Å²) in [5, 5.41) is 3.43. The van der Waals surface area contributed by atoms with Crippen LogP contribution in [0.1, 0.15) is 24.8 Å². The Balaban J connectivity index is 1.29. The number of hydrogen-bond donors (Lipinski definition) is 1. The molecular weight excluding hydrogens is 366 g/mol. The quantitative estimate of drug-likeness (QED) is 0.718. The Kier molecular flexibility index (Phi) is 6.07. The van der Waals surface area contributed by atoms with Crippen LogP contribution in [-0.2, 0) is 4.79 Å². The maximum Gasteiger partial charge on any atom is 0.227 e. The fourth-order valence-corrected chi connectivity index (χ4v) is 3.86.